The van der Waals surface area contributed by atoms with Crippen molar-refractivity contribution in [2.45, 2.75) is 49.3 Å². The number of fused-ring (bicyclic) bond motifs is 1. The molecule has 0 amide bonds. The predicted octanol–water partition coefficient (Wildman–Crippen LogP) is -0.889. The predicted molar refractivity (Wildman–Crippen MR) is 106 cm³/mol. The number of hydrogen-bond donors (Lipinski definition) is 8. The number of hydrogen-bond acceptors (Lipinski definition) is 11. The van der Waals surface area contributed by atoms with Crippen molar-refractivity contribution in [1.29, 1.82) is 0 Å². The van der Waals surface area contributed by atoms with Crippen molar-refractivity contribution >= 4 is 5.97 Å². The third kappa shape index (κ3) is 4.21. The van der Waals surface area contributed by atoms with Gasteiger partial charge in [0.2, 0.25) is 6.29 Å². The number of carbonyl (C=O) groups is 1. The molecule has 0 aliphatic carbocycles. The molecular weight excluding hydrogens is 444 g/mol. The highest BCUT2D eigenvalue weighted by Crippen LogP contribution is 2.44. The molecule has 8 N–H and O–H groups in total. The number of aliphatic carboxylic acids is 1. The fraction of sp³-hybridized carbons (Fsp3) is 0.381. The van der Waals surface area contributed by atoms with Crippen LogP contribution < -0.4 is 9.47 Å². The molecule has 2 aliphatic rings. The molecule has 0 spiro atoms. The van der Waals surface area contributed by atoms with Gasteiger partial charge in [-0.15, -0.1) is 0 Å². The fourth-order valence-electron chi connectivity index (χ4n) is 3.83. The second-order valence-corrected chi connectivity index (χ2v) is 7.83. The van der Waals surface area contributed by atoms with Crippen LogP contribution in [0.5, 0.6) is 28.7 Å². The zero-order chi connectivity index (χ0) is 24.0. The minimum absolute atomic E-state index is 0.0758. The molecule has 1 fully saturated rings. The average Bonchev–Trinajstić information content (AvgIpc) is 2.75. The highest BCUT2D eigenvalue weighted by Gasteiger charge is 2.48. The highest BCUT2D eigenvalue weighted by atomic mass is 16.7. The van der Waals surface area contributed by atoms with Crippen molar-refractivity contribution in [1.82, 2.24) is 0 Å². The van der Waals surface area contributed by atoms with Gasteiger partial charge < -0.3 is 55.1 Å². The van der Waals surface area contributed by atoms with E-state index >= 15 is 0 Å². The van der Waals surface area contributed by atoms with Gasteiger partial charge in [0, 0.05) is 24.1 Å². The first-order chi connectivity index (χ1) is 15.6. The van der Waals surface area contributed by atoms with E-state index in [1.165, 1.54) is 24.3 Å². The van der Waals surface area contributed by atoms with Crippen LogP contribution in [0.2, 0.25) is 0 Å². The summed E-state index contributed by atoms with van der Waals surface area (Å²) in [7, 11) is 0. The summed E-state index contributed by atoms with van der Waals surface area (Å²) < 4.78 is 16.4. The van der Waals surface area contributed by atoms with Crippen molar-refractivity contribution < 1.29 is 59.9 Å². The second kappa shape index (κ2) is 8.57. The van der Waals surface area contributed by atoms with E-state index < -0.39 is 54.6 Å². The van der Waals surface area contributed by atoms with Crippen molar-refractivity contribution in [3.8, 4) is 28.7 Å². The Morgan fingerprint density at radius 1 is 0.939 bits per heavy atom. The van der Waals surface area contributed by atoms with E-state index in [2.05, 4.69) is 0 Å². The highest BCUT2D eigenvalue weighted by molar-refractivity contribution is 5.73. The monoisotopic (exact) mass is 466 g/mol. The van der Waals surface area contributed by atoms with Gasteiger partial charge in [-0.2, -0.15) is 0 Å². The van der Waals surface area contributed by atoms with Gasteiger partial charge in [-0.1, -0.05) is 6.07 Å². The van der Waals surface area contributed by atoms with Crippen LogP contribution in [0.25, 0.3) is 0 Å². The Bertz CT molecular complexity index is 1060. The number of carboxylic acid groups (broad SMARTS) is 1. The van der Waals surface area contributed by atoms with E-state index in [9.17, 15) is 45.6 Å². The van der Waals surface area contributed by atoms with E-state index in [-0.39, 0.29) is 35.0 Å². The lowest BCUT2D eigenvalue weighted by Gasteiger charge is -2.39. The Balaban J connectivity index is 1.63. The van der Waals surface area contributed by atoms with Crippen molar-refractivity contribution in [3.05, 3.63) is 41.5 Å². The SMILES string of the molecule is O=C(O)[C@H]1O[C@@H](Oc2cc(O)cc3c2C[C@@H](O)[C@H](c2ccc(O)c(O)c2)O3)[C@H](O)[C@@H](O)[C@@H]1O. The van der Waals surface area contributed by atoms with Crippen molar-refractivity contribution in [2.75, 3.05) is 0 Å². The number of phenols is 3. The molecule has 0 aromatic heterocycles. The zero-order valence-corrected chi connectivity index (χ0v) is 16.8. The topological polar surface area (TPSA) is 207 Å². The van der Waals surface area contributed by atoms with Crippen LogP contribution >= 0.6 is 0 Å². The summed E-state index contributed by atoms with van der Waals surface area (Å²) in [4.78, 5) is 11.3. The van der Waals surface area contributed by atoms with Crippen LogP contribution in [0.4, 0.5) is 0 Å². The quantitative estimate of drug-likeness (QED) is 0.258. The first-order valence-corrected chi connectivity index (χ1v) is 9.88. The Hall–Kier alpha value is -3.29. The number of aromatic hydroxyl groups is 3. The Kier molecular flexibility index (Phi) is 5.95. The van der Waals surface area contributed by atoms with Gasteiger partial charge >= 0.3 is 5.97 Å². The van der Waals surface area contributed by atoms with Crippen molar-refractivity contribution in [2.24, 2.45) is 0 Å². The Morgan fingerprint density at radius 2 is 1.67 bits per heavy atom. The Labute approximate surface area is 186 Å². The summed E-state index contributed by atoms with van der Waals surface area (Å²) in [6, 6.07) is 6.27. The summed E-state index contributed by atoms with van der Waals surface area (Å²) >= 11 is 0. The molecule has 178 valence electrons. The van der Waals surface area contributed by atoms with Gasteiger partial charge in [-0.3, -0.25) is 0 Å². The summed E-state index contributed by atoms with van der Waals surface area (Å²) in [5.74, 6) is -2.70. The molecule has 0 saturated carbocycles. The van der Waals surface area contributed by atoms with E-state index in [0.717, 1.165) is 6.07 Å². The van der Waals surface area contributed by atoms with Crippen LogP contribution in [0.1, 0.15) is 17.2 Å². The third-order valence-electron chi connectivity index (χ3n) is 5.55. The number of phenolic OH excluding ortho intramolecular Hbond substituents is 3. The maximum atomic E-state index is 11.3. The normalized spacial score (nSPS) is 31.3. The molecule has 33 heavy (non-hydrogen) atoms. The lowest BCUT2D eigenvalue weighted by Crippen LogP contribution is -2.61. The lowest BCUT2D eigenvalue weighted by atomic mass is 9.93. The summed E-state index contributed by atoms with van der Waals surface area (Å²) in [5, 5.41) is 79.2. The first-order valence-electron chi connectivity index (χ1n) is 9.88. The molecule has 0 radical (unpaired) electrons. The number of ether oxygens (including phenoxy) is 3. The summed E-state index contributed by atoms with van der Waals surface area (Å²) in [6.45, 7) is 0. The third-order valence-corrected chi connectivity index (χ3v) is 5.55. The molecule has 2 aromatic rings. The van der Waals surface area contributed by atoms with Crippen LogP contribution in [-0.4, -0.2) is 83.6 Å². The number of benzene rings is 2. The smallest absolute Gasteiger partial charge is 0.335 e. The molecule has 7 atom stereocenters. The minimum Gasteiger partial charge on any atom is -0.508 e. The molecule has 1 saturated heterocycles. The van der Waals surface area contributed by atoms with Crippen molar-refractivity contribution in [3.63, 3.8) is 0 Å². The fourth-order valence-corrected chi connectivity index (χ4v) is 3.83. The average molecular weight is 466 g/mol. The van der Waals surface area contributed by atoms with Crippen LogP contribution in [-0.2, 0) is 16.0 Å². The van der Waals surface area contributed by atoms with Gasteiger partial charge in [0.15, 0.2) is 17.6 Å². The van der Waals surface area contributed by atoms with Crippen LogP contribution in [0, 0.1) is 0 Å². The molecule has 4 rings (SSSR count). The number of aliphatic hydroxyl groups is 4. The Morgan fingerprint density at radius 3 is 2.33 bits per heavy atom. The van der Waals surface area contributed by atoms with Crippen LogP contribution in [0.15, 0.2) is 30.3 Å². The molecular formula is C21H22O12. The number of rotatable bonds is 4. The molecule has 0 unspecified atom stereocenters. The van der Waals surface area contributed by atoms with Crippen LogP contribution in [0.3, 0.4) is 0 Å². The van der Waals surface area contributed by atoms with Gasteiger partial charge in [0.1, 0.15) is 41.7 Å². The number of aliphatic hydroxyl groups excluding tert-OH is 4. The summed E-state index contributed by atoms with van der Waals surface area (Å²) in [5.41, 5.74) is 0.601. The maximum absolute atomic E-state index is 11.3. The lowest BCUT2D eigenvalue weighted by molar-refractivity contribution is -0.271. The molecule has 12 nitrogen and oxygen atoms in total. The van der Waals surface area contributed by atoms with E-state index in [1.807, 2.05) is 0 Å². The molecule has 2 aliphatic heterocycles. The standard InChI is InChI=1S/C21H22O12/c22-8-4-13-9(6-12(25)18(31-13)7-1-2-10(23)11(24)3-7)14(5-8)32-21-17(28)15(26)16(27)19(33-21)20(29)30/h1-5,12,15-19,21-28H,6H2,(H,29,30)/t12-,15+,16+,17-,18+,19+,21-/m1/s1. The van der Waals surface area contributed by atoms with E-state index in [1.54, 1.807) is 0 Å². The van der Waals surface area contributed by atoms with E-state index in [4.69, 9.17) is 14.2 Å². The van der Waals surface area contributed by atoms with Gasteiger partial charge in [0.25, 0.3) is 0 Å². The van der Waals surface area contributed by atoms with E-state index in [0.29, 0.717) is 5.56 Å². The molecule has 12 heteroatoms. The minimum atomic E-state index is -1.90. The first kappa shape index (κ1) is 22.9. The molecule has 2 aromatic carbocycles. The van der Waals surface area contributed by atoms with Gasteiger partial charge in [-0.25, -0.2) is 4.79 Å². The molecule has 2 heterocycles. The summed E-state index contributed by atoms with van der Waals surface area (Å²) in [6.07, 6.45) is -11.4. The zero-order valence-electron chi connectivity index (χ0n) is 16.8. The van der Waals surface area contributed by atoms with Gasteiger partial charge in [0.05, 0.1) is 6.10 Å². The largest absolute Gasteiger partial charge is 0.508 e. The van der Waals surface area contributed by atoms with Gasteiger partial charge in [-0.05, 0) is 17.7 Å². The molecule has 0 bridgehead atoms. The maximum Gasteiger partial charge on any atom is 0.335 e. The second-order valence-electron chi connectivity index (χ2n) is 7.83. The number of carboxylic acids is 1.